The molecule has 0 unspecified atom stereocenters. The summed E-state index contributed by atoms with van der Waals surface area (Å²) in [6, 6.07) is 4.93. The van der Waals surface area contributed by atoms with E-state index in [0.29, 0.717) is 21.8 Å². The Morgan fingerprint density at radius 1 is 1.33 bits per heavy atom. The van der Waals surface area contributed by atoms with E-state index in [9.17, 15) is 9.59 Å². The molecular formula is C10H7Br2ClO2. The van der Waals surface area contributed by atoms with Gasteiger partial charge in [0.15, 0.2) is 5.78 Å². The zero-order chi connectivity index (χ0) is 11.4. The van der Waals surface area contributed by atoms with E-state index < -0.39 is 5.24 Å². The van der Waals surface area contributed by atoms with Crippen molar-refractivity contribution in [2.45, 2.75) is 6.42 Å². The van der Waals surface area contributed by atoms with Gasteiger partial charge < -0.3 is 0 Å². The molecule has 0 saturated heterocycles. The van der Waals surface area contributed by atoms with Crippen LogP contribution >= 0.6 is 43.5 Å². The van der Waals surface area contributed by atoms with Gasteiger partial charge in [-0.15, -0.1) is 0 Å². The molecule has 2 nitrogen and oxygen atoms in total. The lowest BCUT2D eigenvalue weighted by Gasteiger charge is -2.06. The summed E-state index contributed by atoms with van der Waals surface area (Å²) in [5.41, 5.74) is 0.606. The van der Waals surface area contributed by atoms with Crippen LogP contribution in [0.25, 0.3) is 0 Å². The molecule has 1 rings (SSSR count). The number of alkyl halides is 1. The van der Waals surface area contributed by atoms with Crippen LogP contribution in [0.2, 0.25) is 0 Å². The van der Waals surface area contributed by atoms with Crippen LogP contribution in [0.4, 0.5) is 0 Å². The Morgan fingerprint density at radius 2 is 2.00 bits per heavy atom. The van der Waals surface area contributed by atoms with Gasteiger partial charge in [0.2, 0.25) is 0 Å². The third kappa shape index (κ3) is 3.13. The first-order valence-corrected chi connectivity index (χ1v) is 6.44. The fourth-order valence-electron chi connectivity index (χ4n) is 1.18. The average Bonchev–Trinajstić information content (AvgIpc) is 2.17. The zero-order valence-corrected chi connectivity index (χ0v) is 11.5. The number of Topliss-reactive ketones (excluding diaryl/α,β-unsaturated/α-hetero) is 1. The van der Waals surface area contributed by atoms with E-state index in [1.165, 1.54) is 0 Å². The maximum absolute atomic E-state index is 11.7. The van der Waals surface area contributed by atoms with Crippen LogP contribution in [0, 0.1) is 0 Å². The standard InChI is InChI=1S/C10H7Br2ClO2/c11-5-4-8(14)9-6(10(13)15)2-1-3-7(9)12/h1-3H,4-5H2. The number of hydrogen-bond acceptors (Lipinski definition) is 2. The molecule has 0 aliphatic heterocycles. The number of rotatable bonds is 4. The Kier molecular flexibility index (Phi) is 4.96. The molecule has 0 aliphatic rings. The molecule has 0 saturated carbocycles. The van der Waals surface area contributed by atoms with Gasteiger partial charge in [0.1, 0.15) is 0 Å². The number of carbonyl (C=O) groups excluding carboxylic acids is 2. The van der Waals surface area contributed by atoms with Gasteiger partial charge in [-0.1, -0.05) is 37.9 Å². The maximum Gasteiger partial charge on any atom is 0.253 e. The predicted octanol–water partition coefficient (Wildman–Crippen LogP) is 3.80. The molecule has 0 fully saturated rings. The fraction of sp³-hybridized carbons (Fsp3) is 0.200. The number of benzene rings is 1. The van der Waals surface area contributed by atoms with Crippen molar-refractivity contribution >= 4 is 54.5 Å². The van der Waals surface area contributed by atoms with Crippen LogP contribution in [0.1, 0.15) is 27.1 Å². The molecule has 0 spiro atoms. The van der Waals surface area contributed by atoms with Crippen LogP contribution in [0.3, 0.4) is 0 Å². The summed E-state index contributed by atoms with van der Waals surface area (Å²) in [7, 11) is 0. The van der Waals surface area contributed by atoms with Crippen molar-refractivity contribution in [2.24, 2.45) is 0 Å². The van der Waals surface area contributed by atoms with E-state index in [0.717, 1.165) is 0 Å². The summed E-state index contributed by atoms with van der Waals surface area (Å²) in [5.74, 6) is -0.108. The van der Waals surface area contributed by atoms with E-state index in [2.05, 4.69) is 31.9 Å². The van der Waals surface area contributed by atoms with Crippen molar-refractivity contribution in [1.82, 2.24) is 0 Å². The molecule has 1 aromatic carbocycles. The Bertz CT molecular complexity index is 404. The van der Waals surface area contributed by atoms with E-state index >= 15 is 0 Å². The molecule has 0 aromatic heterocycles. The minimum atomic E-state index is -0.616. The molecule has 0 atom stereocenters. The van der Waals surface area contributed by atoms with Crippen LogP contribution in [0.5, 0.6) is 0 Å². The van der Waals surface area contributed by atoms with Crippen molar-refractivity contribution in [3.05, 3.63) is 33.8 Å². The number of ketones is 1. The molecule has 0 heterocycles. The molecule has 80 valence electrons. The summed E-state index contributed by atoms with van der Waals surface area (Å²) in [6.45, 7) is 0. The second kappa shape index (κ2) is 5.77. The Balaban J connectivity index is 3.24. The van der Waals surface area contributed by atoms with E-state index in [4.69, 9.17) is 11.6 Å². The number of hydrogen-bond donors (Lipinski definition) is 0. The normalized spacial score (nSPS) is 10.1. The first kappa shape index (κ1) is 12.9. The van der Waals surface area contributed by atoms with Crippen molar-refractivity contribution in [3.8, 4) is 0 Å². The van der Waals surface area contributed by atoms with Crippen LogP contribution in [0.15, 0.2) is 22.7 Å². The van der Waals surface area contributed by atoms with Crippen LogP contribution in [-0.2, 0) is 0 Å². The maximum atomic E-state index is 11.7. The first-order valence-electron chi connectivity index (χ1n) is 4.15. The summed E-state index contributed by atoms with van der Waals surface area (Å²) in [5, 5.41) is -0.0578. The second-order valence-electron chi connectivity index (χ2n) is 2.80. The monoisotopic (exact) mass is 352 g/mol. The van der Waals surface area contributed by atoms with Gasteiger partial charge in [-0.3, -0.25) is 9.59 Å². The summed E-state index contributed by atoms with van der Waals surface area (Å²) < 4.78 is 0.597. The fourth-order valence-corrected chi connectivity index (χ4v) is 2.29. The van der Waals surface area contributed by atoms with Gasteiger partial charge >= 0.3 is 0 Å². The average molecular weight is 354 g/mol. The van der Waals surface area contributed by atoms with E-state index in [1.54, 1.807) is 18.2 Å². The summed E-state index contributed by atoms with van der Waals surface area (Å²) in [4.78, 5) is 22.8. The Labute approximate surface area is 109 Å². The number of carbonyl (C=O) groups is 2. The molecule has 1 aromatic rings. The second-order valence-corrected chi connectivity index (χ2v) is 4.79. The molecule has 0 amide bonds. The molecular weight excluding hydrogens is 347 g/mol. The van der Waals surface area contributed by atoms with Crippen molar-refractivity contribution < 1.29 is 9.59 Å². The lowest BCUT2D eigenvalue weighted by atomic mass is 10.0. The molecule has 0 aliphatic carbocycles. The summed E-state index contributed by atoms with van der Waals surface area (Å²) >= 11 is 11.8. The SMILES string of the molecule is O=C(Cl)c1cccc(Br)c1C(=O)CCBr. The van der Waals surface area contributed by atoms with Crippen molar-refractivity contribution in [1.29, 1.82) is 0 Å². The quantitative estimate of drug-likeness (QED) is 0.468. The van der Waals surface area contributed by atoms with Gasteiger partial charge in [0, 0.05) is 27.4 Å². The van der Waals surface area contributed by atoms with Gasteiger partial charge in [0.25, 0.3) is 5.24 Å². The molecule has 15 heavy (non-hydrogen) atoms. The Hall–Kier alpha value is -0.190. The van der Waals surface area contributed by atoms with Gasteiger partial charge in [-0.2, -0.15) is 0 Å². The van der Waals surface area contributed by atoms with Crippen molar-refractivity contribution in [2.75, 3.05) is 5.33 Å². The van der Waals surface area contributed by atoms with Crippen molar-refractivity contribution in [3.63, 3.8) is 0 Å². The summed E-state index contributed by atoms with van der Waals surface area (Å²) in [6.07, 6.45) is 0.333. The van der Waals surface area contributed by atoms with Crippen LogP contribution in [-0.4, -0.2) is 16.4 Å². The first-order chi connectivity index (χ1) is 7.07. The Morgan fingerprint density at radius 3 is 2.53 bits per heavy atom. The van der Waals surface area contributed by atoms with E-state index in [-0.39, 0.29) is 11.3 Å². The highest BCUT2D eigenvalue weighted by molar-refractivity contribution is 9.10. The minimum absolute atomic E-state index is 0.108. The minimum Gasteiger partial charge on any atom is -0.294 e. The molecule has 0 bridgehead atoms. The van der Waals surface area contributed by atoms with Gasteiger partial charge in [-0.05, 0) is 23.7 Å². The predicted molar refractivity (Wildman–Crippen MR) is 67.1 cm³/mol. The number of halogens is 3. The lowest BCUT2D eigenvalue weighted by molar-refractivity contribution is 0.0979. The third-order valence-electron chi connectivity index (χ3n) is 1.83. The molecule has 0 radical (unpaired) electrons. The largest absolute Gasteiger partial charge is 0.294 e. The van der Waals surface area contributed by atoms with Crippen LogP contribution < -0.4 is 0 Å². The zero-order valence-electron chi connectivity index (χ0n) is 7.60. The molecule has 5 heteroatoms. The smallest absolute Gasteiger partial charge is 0.253 e. The van der Waals surface area contributed by atoms with Gasteiger partial charge in [-0.25, -0.2) is 0 Å². The van der Waals surface area contributed by atoms with Gasteiger partial charge in [0.05, 0.1) is 0 Å². The highest BCUT2D eigenvalue weighted by atomic mass is 79.9. The van der Waals surface area contributed by atoms with E-state index in [1.807, 2.05) is 0 Å². The highest BCUT2D eigenvalue weighted by Gasteiger charge is 2.17. The topological polar surface area (TPSA) is 34.1 Å². The highest BCUT2D eigenvalue weighted by Crippen LogP contribution is 2.23. The third-order valence-corrected chi connectivity index (χ3v) is 3.09. The lowest BCUT2D eigenvalue weighted by Crippen LogP contribution is -2.07. The molecule has 0 N–H and O–H groups in total.